The maximum absolute atomic E-state index is 6.21. The van der Waals surface area contributed by atoms with Crippen molar-refractivity contribution < 1.29 is 0 Å². The molecular formula is C15H14ClN5. The molecule has 3 heterocycles. The van der Waals surface area contributed by atoms with Crippen molar-refractivity contribution in [1.29, 1.82) is 0 Å². The van der Waals surface area contributed by atoms with E-state index in [4.69, 9.17) is 11.6 Å². The summed E-state index contributed by atoms with van der Waals surface area (Å²) < 4.78 is 1.71. The van der Waals surface area contributed by atoms with E-state index in [0.29, 0.717) is 11.1 Å². The Morgan fingerprint density at radius 3 is 2.81 bits per heavy atom. The van der Waals surface area contributed by atoms with Gasteiger partial charge in [0.15, 0.2) is 10.8 Å². The Kier molecular flexibility index (Phi) is 2.89. The highest BCUT2D eigenvalue weighted by atomic mass is 35.5. The van der Waals surface area contributed by atoms with Gasteiger partial charge < -0.3 is 0 Å². The largest absolute Gasteiger partial charge is 0.244 e. The summed E-state index contributed by atoms with van der Waals surface area (Å²) in [5.74, 6) is 1.30. The van der Waals surface area contributed by atoms with Crippen molar-refractivity contribution in [2.45, 2.75) is 25.7 Å². The van der Waals surface area contributed by atoms with E-state index in [1.807, 2.05) is 0 Å². The van der Waals surface area contributed by atoms with Crippen LogP contribution in [-0.2, 0) is 0 Å². The van der Waals surface area contributed by atoms with Crippen LogP contribution in [0, 0.1) is 5.92 Å². The minimum absolute atomic E-state index is 0.527. The summed E-state index contributed by atoms with van der Waals surface area (Å²) in [7, 11) is 0. The second kappa shape index (κ2) is 4.77. The van der Waals surface area contributed by atoms with Crippen molar-refractivity contribution in [2.24, 2.45) is 5.92 Å². The second-order valence-electron chi connectivity index (χ2n) is 5.44. The van der Waals surface area contributed by atoms with E-state index >= 15 is 0 Å². The first-order valence-corrected chi connectivity index (χ1v) is 7.45. The molecule has 1 saturated carbocycles. The van der Waals surface area contributed by atoms with Crippen LogP contribution in [0.2, 0.25) is 5.15 Å². The lowest BCUT2D eigenvalue weighted by atomic mass is 10.1. The van der Waals surface area contributed by atoms with E-state index in [-0.39, 0.29) is 0 Å². The Balaban J connectivity index is 1.91. The van der Waals surface area contributed by atoms with Gasteiger partial charge in [0.25, 0.3) is 0 Å². The highest BCUT2D eigenvalue weighted by molar-refractivity contribution is 6.29. The van der Waals surface area contributed by atoms with E-state index in [1.165, 1.54) is 24.7 Å². The topological polar surface area (TPSA) is 56.0 Å². The molecule has 0 saturated heterocycles. The normalized spacial score (nSPS) is 20.9. The predicted octanol–water partition coefficient (Wildman–Crippen LogP) is 3.35. The highest BCUT2D eigenvalue weighted by Gasteiger charge is 2.38. The summed E-state index contributed by atoms with van der Waals surface area (Å²) in [4.78, 5) is 12.5. The minimum Gasteiger partial charge on any atom is -0.244 e. The Hall–Kier alpha value is -2.01. The molecule has 1 fully saturated rings. The van der Waals surface area contributed by atoms with Gasteiger partial charge in [-0.15, -0.1) is 0 Å². The molecule has 0 unspecified atom stereocenters. The Morgan fingerprint density at radius 2 is 2.10 bits per heavy atom. The lowest BCUT2D eigenvalue weighted by molar-refractivity contribution is 0.763. The highest BCUT2D eigenvalue weighted by Crippen LogP contribution is 2.50. The van der Waals surface area contributed by atoms with Gasteiger partial charge in [0.05, 0.1) is 11.9 Å². The van der Waals surface area contributed by atoms with Gasteiger partial charge in [0, 0.05) is 23.5 Å². The summed E-state index contributed by atoms with van der Waals surface area (Å²) in [6.45, 7) is 2.23. The second-order valence-corrected chi connectivity index (χ2v) is 5.83. The molecule has 0 spiro atoms. The van der Waals surface area contributed by atoms with Crippen LogP contribution < -0.4 is 0 Å². The molecule has 106 valence electrons. The first-order chi connectivity index (χ1) is 10.3. The molecule has 3 aromatic heterocycles. The number of imidazole rings is 1. The van der Waals surface area contributed by atoms with Crippen LogP contribution in [0.25, 0.3) is 16.9 Å². The van der Waals surface area contributed by atoms with Crippen LogP contribution in [0.5, 0.6) is 0 Å². The number of rotatable bonds is 3. The molecule has 4 rings (SSSR count). The Labute approximate surface area is 127 Å². The van der Waals surface area contributed by atoms with E-state index in [0.717, 1.165) is 22.8 Å². The zero-order valence-corrected chi connectivity index (χ0v) is 12.3. The van der Waals surface area contributed by atoms with Crippen molar-refractivity contribution in [1.82, 2.24) is 24.6 Å². The molecule has 0 amide bonds. The molecule has 3 aromatic rings. The number of aromatic nitrogens is 5. The van der Waals surface area contributed by atoms with Gasteiger partial charge >= 0.3 is 0 Å². The number of nitrogens with zero attached hydrogens (tertiary/aromatic N) is 5. The minimum atomic E-state index is 0.527. The number of halogens is 1. The zero-order chi connectivity index (χ0) is 14.4. The summed E-state index contributed by atoms with van der Waals surface area (Å²) in [5, 5.41) is 5.10. The average molecular weight is 300 g/mol. The molecule has 0 aromatic carbocycles. The fourth-order valence-electron chi connectivity index (χ4n) is 2.89. The van der Waals surface area contributed by atoms with Crippen molar-refractivity contribution >= 4 is 17.2 Å². The van der Waals surface area contributed by atoms with Crippen LogP contribution in [-0.4, -0.2) is 24.6 Å². The number of hydrogen-bond acceptors (Lipinski definition) is 4. The molecule has 21 heavy (non-hydrogen) atoms. The molecule has 0 aliphatic heterocycles. The van der Waals surface area contributed by atoms with Crippen LogP contribution >= 0.6 is 11.6 Å². The molecule has 0 radical (unpaired) electrons. The van der Waals surface area contributed by atoms with Gasteiger partial charge in [-0.25, -0.2) is 19.5 Å². The summed E-state index contributed by atoms with van der Waals surface area (Å²) in [6, 6.07) is 2.11. The smallest absolute Gasteiger partial charge is 0.158 e. The predicted molar refractivity (Wildman–Crippen MR) is 80.2 cm³/mol. The van der Waals surface area contributed by atoms with Crippen molar-refractivity contribution in [2.75, 3.05) is 0 Å². The van der Waals surface area contributed by atoms with Crippen LogP contribution in [0.4, 0.5) is 0 Å². The van der Waals surface area contributed by atoms with Crippen molar-refractivity contribution in [3.8, 4) is 11.3 Å². The van der Waals surface area contributed by atoms with Gasteiger partial charge in [-0.3, -0.25) is 0 Å². The lowest BCUT2D eigenvalue weighted by Gasteiger charge is -2.07. The van der Waals surface area contributed by atoms with Crippen LogP contribution in [0.15, 0.2) is 31.0 Å². The number of fused-ring (bicyclic) bond motifs is 1. The molecule has 6 heteroatoms. The fraction of sp³-hybridized carbons (Fsp3) is 0.333. The number of hydrogen-bond donors (Lipinski definition) is 0. The molecule has 0 N–H and O–H groups in total. The molecular weight excluding hydrogens is 286 g/mol. The van der Waals surface area contributed by atoms with Gasteiger partial charge in [0.1, 0.15) is 6.33 Å². The summed E-state index contributed by atoms with van der Waals surface area (Å²) in [5.41, 5.74) is 3.81. The molecule has 0 bridgehead atoms. The van der Waals surface area contributed by atoms with E-state index in [9.17, 15) is 0 Å². The zero-order valence-electron chi connectivity index (χ0n) is 11.6. The Bertz CT molecular complexity index is 798. The maximum Gasteiger partial charge on any atom is 0.158 e. The van der Waals surface area contributed by atoms with Crippen molar-refractivity contribution in [3.63, 3.8) is 0 Å². The van der Waals surface area contributed by atoms with Crippen LogP contribution in [0.3, 0.4) is 0 Å². The van der Waals surface area contributed by atoms with Crippen LogP contribution in [0.1, 0.15) is 31.2 Å². The maximum atomic E-state index is 6.21. The molecule has 1 aliphatic rings. The third-order valence-corrected chi connectivity index (χ3v) is 4.41. The first kappa shape index (κ1) is 12.7. The Morgan fingerprint density at radius 1 is 1.29 bits per heavy atom. The van der Waals surface area contributed by atoms with E-state index < -0.39 is 0 Å². The third-order valence-electron chi connectivity index (χ3n) is 4.16. The third kappa shape index (κ3) is 2.08. The lowest BCUT2D eigenvalue weighted by Crippen LogP contribution is -2.00. The van der Waals surface area contributed by atoms with Crippen molar-refractivity contribution in [3.05, 3.63) is 41.7 Å². The van der Waals surface area contributed by atoms with E-state index in [1.54, 1.807) is 23.1 Å². The molecule has 5 nitrogen and oxygen atoms in total. The first-order valence-electron chi connectivity index (χ1n) is 7.07. The van der Waals surface area contributed by atoms with Gasteiger partial charge in [-0.1, -0.05) is 24.9 Å². The fourth-order valence-corrected chi connectivity index (χ4v) is 3.06. The molecule has 2 atom stereocenters. The van der Waals surface area contributed by atoms with Gasteiger partial charge in [-0.05, 0) is 24.3 Å². The molecule has 1 aliphatic carbocycles. The monoisotopic (exact) mass is 299 g/mol. The van der Waals surface area contributed by atoms with Gasteiger partial charge in [-0.2, -0.15) is 5.10 Å². The average Bonchev–Trinajstić information content (AvgIpc) is 3.24. The summed E-state index contributed by atoms with van der Waals surface area (Å²) >= 11 is 6.21. The SMILES string of the molecule is CC[C@H]1C[C@@H]1c1cc(-c2cncnc2)nn2c(Cl)cnc12. The van der Waals surface area contributed by atoms with Gasteiger partial charge in [0.2, 0.25) is 0 Å². The van der Waals surface area contributed by atoms with E-state index in [2.05, 4.69) is 33.0 Å². The summed E-state index contributed by atoms with van der Waals surface area (Å²) in [6.07, 6.45) is 9.10. The standard InChI is InChI=1S/C15H14ClN5/c1-2-9-3-11(9)12-4-13(10-5-17-8-18-6-10)20-21-14(16)7-19-15(12)21/h4-9,11H,2-3H2,1H3/t9-,11-/m0/s1. The quantitative estimate of drug-likeness (QED) is 0.744.